The quantitative estimate of drug-likeness (QED) is 0.856. The van der Waals surface area contributed by atoms with Gasteiger partial charge in [-0.15, -0.1) is 0 Å². The van der Waals surface area contributed by atoms with Crippen molar-refractivity contribution in [2.24, 2.45) is 0 Å². The van der Waals surface area contributed by atoms with Crippen molar-refractivity contribution >= 4 is 10.0 Å². The van der Waals surface area contributed by atoms with Crippen LogP contribution >= 0.6 is 0 Å². The van der Waals surface area contributed by atoms with Crippen LogP contribution in [0.3, 0.4) is 0 Å². The summed E-state index contributed by atoms with van der Waals surface area (Å²) in [6.07, 6.45) is 1.54. The van der Waals surface area contributed by atoms with Crippen molar-refractivity contribution in [2.45, 2.75) is 30.7 Å². The Morgan fingerprint density at radius 3 is 2.59 bits per heavy atom. The van der Waals surface area contributed by atoms with Gasteiger partial charge in [-0.1, -0.05) is 0 Å². The van der Waals surface area contributed by atoms with Gasteiger partial charge in [-0.25, -0.2) is 13.1 Å². The predicted molar refractivity (Wildman–Crippen MR) is 85.0 cm³/mol. The smallest absolute Gasteiger partial charge is 0.240 e. The van der Waals surface area contributed by atoms with Gasteiger partial charge < -0.3 is 14.4 Å². The van der Waals surface area contributed by atoms with Crippen LogP contribution in [0.25, 0.3) is 0 Å². The van der Waals surface area contributed by atoms with Crippen LogP contribution in [0.1, 0.15) is 19.8 Å². The van der Waals surface area contributed by atoms with Crippen LogP contribution in [0.4, 0.5) is 0 Å². The van der Waals surface area contributed by atoms with Gasteiger partial charge in [0, 0.05) is 18.5 Å². The predicted octanol–water partition coefficient (Wildman–Crippen LogP) is 1.47. The fourth-order valence-electron chi connectivity index (χ4n) is 2.15. The standard InChI is InChI=1S/C15H24N2O4S/c1-12(7-8-17(2)3)16-22(18,19)13-5-6-14-15(11-13)21-10-4-9-20-14/h5-6,11-12,16H,4,7-10H2,1-3H3. The first-order chi connectivity index (χ1) is 10.4. The maximum atomic E-state index is 12.4. The van der Waals surface area contributed by atoms with E-state index < -0.39 is 10.0 Å². The van der Waals surface area contributed by atoms with E-state index in [-0.39, 0.29) is 10.9 Å². The summed E-state index contributed by atoms with van der Waals surface area (Å²) in [6, 6.07) is 4.60. The molecule has 0 saturated heterocycles. The molecule has 7 heteroatoms. The maximum absolute atomic E-state index is 12.4. The molecule has 1 aromatic rings. The zero-order chi connectivity index (χ0) is 16.2. The molecule has 0 fully saturated rings. The topological polar surface area (TPSA) is 67.9 Å². The van der Waals surface area contributed by atoms with Crippen molar-refractivity contribution in [3.63, 3.8) is 0 Å². The second-order valence-corrected chi connectivity index (χ2v) is 7.49. The minimum atomic E-state index is -3.56. The van der Waals surface area contributed by atoms with Gasteiger partial charge in [-0.3, -0.25) is 0 Å². The Morgan fingerprint density at radius 1 is 1.23 bits per heavy atom. The molecule has 0 spiro atoms. The summed E-state index contributed by atoms with van der Waals surface area (Å²) >= 11 is 0. The van der Waals surface area contributed by atoms with Gasteiger partial charge in [0.05, 0.1) is 18.1 Å². The molecule has 0 amide bonds. The SMILES string of the molecule is CC(CCN(C)C)NS(=O)(=O)c1ccc2c(c1)OCCCO2. The molecule has 0 aromatic heterocycles. The highest BCUT2D eigenvalue weighted by atomic mass is 32.2. The second kappa shape index (κ2) is 7.30. The molecule has 6 nitrogen and oxygen atoms in total. The van der Waals surface area contributed by atoms with Crippen molar-refractivity contribution in [1.82, 2.24) is 9.62 Å². The lowest BCUT2D eigenvalue weighted by Crippen LogP contribution is -2.34. The van der Waals surface area contributed by atoms with Gasteiger partial charge in [-0.05, 0) is 46.1 Å². The molecule has 1 N–H and O–H groups in total. The van der Waals surface area contributed by atoms with Gasteiger partial charge in [0.1, 0.15) is 0 Å². The summed E-state index contributed by atoms with van der Waals surface area (Å²) in [5, 5.41) is 0. The molecule has 2 rings (SSSR count). The Kier molecular flexibility index (Phi) is 5.66. The van der Waals surface area contributed by atoms with E-state index in [9.17, 15) is 8.42 Å². The molecule has 1 aliphatic heterocycles. The number of nitrogens with one attached hydrogen (secondary N) is 1. The van der Waals surface area contributed by atoms with E-state index in [0.29, 0.717) is 24.7 Å². The van der Waals surface area contributed by atoms with Crippen molar-refractivity contribution in [3.8, 4) is 11.5 Å². The molecule has 0 saturated carbocycles. The first-order valence-electron chi connectivity index (χ1n) is 7.45. The average molecular weight is 328 g/mol. The molecular weight excluding hydrogens is 304 g/mol. The van der Waals surface area contributed by atoms with E-state index in [1.807, 2.05) is 25.9 Å². The molecule has 1 heterocycles. The Bertz CT molecular complexity index is 602. The zero-order valence-electron chi connectivity index (χ0n) is 13.3. The number of fused-ring (bicyclic) bond motifs is 1. The first-order valence-corrected chi connectivity index (χ1v) is 8.93. The third-order valence-electron chi connectivity index (χ3n) is 3.39. The van der Waals surface area contributed by atoms with Gasteiger partial charge in [0.2, 0.25) is 10.0 Å². The molecular formula is C15H24N2O4S. The molecule has 1 aromatic carbocycles. The van der Waals surface area contributed by atoms with Gasteiger partial charge >= 0.3 is 0 Å². The Labute approximate surface area is 132 Å². The van der Waals surface area contributed by atoms with Crippen LogP contribution in [0, 0.1) is 0 Å². The third-order valence-corrected chi connectivity index (χ3v) is 4.98. The summed E-state index contributed by atoms with van der Waals surface area (Å²) in [4.78, 5) is 2.23. The van der Waals surface area contributed by atoms with Crippen LogP contribution in [-0.4, -0.2) is 53.2 Å². The van der Waals surface area contributed by atoms with Crippen molar-refractivity contribution < 1.29 is 17.9 Å². The molecule has 0 radical (unpaired) electrons. The molecule has 22 heavy (non-hydrogen) atoms. The monoisotopic (exact) mass is 328 g/mol. The Hall–Kier alpha value is -1.31. The van der Waals surface area contributed by atoms with Crippen molar-refractivity contribution in [1.29, 1.82) is 0 Å². The number of hydrogen-bond donors (Lipinski definition) is 1. The van der Waals surface area contributed by atoms with Crippen LogP contribution in [0.5, 0.6) is 11.5 Å². The van der Waals surface area contributed by atoms with E-state index >= 15 is 0 Å². The lowest BCUT2D eigenvalue weighted by molar-refractivity contribution is 0.297. The average Bonchev–Trinajstić information content (AvgIpc) is 2.69. The first kappa shape index (κ1) is 17.1. The zero-order valence-corrected chi connectivity index (χ0v) is 14.1. The summed E-state index contributed by atoms with van der Waals surface area (Å²) in [5.74, 6) is 1.08. The van der Waals surface area contributed by atoms with Gasteiger partial charge in [0.15, 0.2) is 11.5 Å². The molecule has 1 atom stereocenters. The largest absolute Gasteiger partial charge is 0.490 e. The number of nitrogens with zero attached hydrogens (tertiary/aromatic N) is 1. The van der Waals surface area contributed by atoms with E-state index in [1.165, 1.54) is 6.07 Å². The van der Waals surface area contributed by atoms with E-state index in [4.69, 9.17) is 9.47 Å². The van der Waals surface area contributed by atoms with E-state index in [1.54, 1.807) is 12.1 Å². The van der Waals surface area contributed by atoms with E-state index in [0.717, 1.165) is 19.4 Å². The fraction of sp³-hybridized carbons (Fsp3) is 0.600. The lowest BCUT2D eigenvalue weighted by atomic mass is 10.2. The fourth-order valence-corrected chi connectivity index (χ4v) is 3.45. The minimum absolute atomic E-state index is 0.136. The number of sulfonamides is 1. The normalized spacial score (nSPS) is 16.4. The van der Waals surface area contributed by atoms with Crippen LogP contribution in [-0.2, 0) is 10.0 Å². The lowest BCUT2D eigenvalue weighted by Gasteiger charge is -2.17. The summed E-state index contributed by atoms with van der Waals surface area (Å²) in [6.45, 7) is 3.80. The van der Waals surface area contributed by atoms with Crippen molar-refractivity contribution in [3.05, 3.63) is 18.2 Å². The highest BCUT2D eigenvalue weighted by Crippen LogP contribution is 2.31. The number of rotatable bonds is 6. The number of benzene rings is 1. The van der Waals surface area contributed by atoms with Gasteiger partial charge in [-0.2, -0.15) is 0 Å². The maximum Gasteiger partial charge on any atom is 0.240 e. The molecule has 0 bridgehead atoms. The second-order valence-electron chi connectivity index (χ2n) is 5.77. The summed E-state index contributed by atoms with van der Waals surface area (Å²) in [5.41, 5.74) is 0. The Balaban J connectivity index is 2.10. The third kappa shape index (κ3) is 4.59. The summed E-state index contributed by atoms with van der Waals surface area (Å²) in [7, 11) is 0.370. The minimum Gasteiger partial charge on any atom is -0.490 e. The molecule has 1 aliphatic rings. The number of hydrogen-bond acceptors (Lipinski definition) is 5. The van der Waals surface area contributed by atoms with E-state index in [2.05, 4.69) is 4.72 Å². The molecule has 124 valence electrons. The number of ether oxygens (including phenoxy) is 2. The van der Waals surface area contributed by atoms with Crippen molar-refractivity contribution in [2.75, 3.05) is 33.9 Å². The molecule has 0 aliphatic carbocycles. The van der Waals surface area contributed by atoms with Crippen LogP contribution in [0.2, 0.25) is 0 Å². The Morgan fingerprint density at radius 2 is 1.91 bits per heavy atom. The summed E-state index contributed by atoms with van der Waals surface area (Å²) < 4.78 is 38.6. The van der Waals surface area contributed by atoms with Crippen LogP contribution < -0.4 is 14.2 Å². The molecule has 1 unspecified atom stereocenters. The highest BCUT2D eigenvalue weighted by molar-refractivity contribution is 7.89. The van der Waals surface area contributed by atoms with Gasteiger partial charge in [0.25, 0.3) is 0 Å². The highest BCUT2D eigenvalue weighted by Gasteiger charge is 2.20. The van der Waals surface area contributed by atoms with Crippen LogP contribution in [0.15, 0.2) is 23.1 Å².